The van der Waals surface area contributed by atoms with Crippen molar-refractivity contribution in [2.75, 3.05) is 11.9 Å². The standard InChI is InChI=1S/C16H14N4O3/c21-16-14-3-1-2-4-15(14)18-11-19(16)10-9-17-12-5-7-13(8-6-12)20(22)23/h1-8,11,17H,9-10H2. The number of para-hydroxylation sites is 1. The van der Waals surface area contributed by atoms with Gasteiger partial charge in [-0.1, -0.05) is 12.1 Å². The Morgan fingerprint density at radius 2 is 1.87 bits per heavy atom. The summed E-state index contributed by atoms with van der Waals surface area (Å²) in [4.78, 5) is 26.7. The van der Waals surface area contributed by atoms with Gasteiger partial charge < -0.3 is 5.32 Å². The number of nitro groups is 1. The molecule has 23 heavy (non-hydrogen) atoms. The molecule has 0 spiro atoms. The molecule has 7 heteroatoms. The van der Waals surface area contributed by atoms with E-state index in [1.54, 1.807) is 28.8 Å². The first-order valence-electron chi connectivity index (χ1n) is 7.07. The first-order chi connectivity index (χ1) is 11.1. The summed E-state index contributed by atoms with van der Waals surface area (Å²) in [6.45, 7) is 0.964. The highest BCUT2D eigenvalue weighted by Gasteiger charge is 2.05. The highest BCUT2D eigenvalue weighted by atomic mass is 16.6. The predicted molar refractivity (Wildman–Crippen MR) is 87.6 cm³/mol. The largest absolute Gasteiger partial charge is 0.383 e. The minimum atomic E-state index is -0.440. The summed E-state index contributed by atoms with van der Waals surface area (Å²) in [6, 6.07) is 13.4. The van der Waals surface area contributed by atoms with Crippen LogP contribution in [0.1, 0.15) is 0 Å². The van der Waals surface area contributed by atoms with Crippen LogP contribution in [0.2, 0.25) is 0 Å². The maximum atomic E-state index is 12.3. The lowest BCUT2D eigenvalue weighted by molar-refractivity contribution is -0.384. The number of fused-ring (bicyclic) bond motifs is 1. The summed E-state index contributed by atoms with van der Waals surface area (Å²) in [5.41, 5.74) is 1.40. The van der Waals surface area contributed by atoms with Crippen LogP contribution in [0.15, 0.2) is 59.7 Å². The Morgan fingerprint density at radius 1 is 1.13 bits per heavy atom. The number of nitrogens with one attached hydrogen (secondary N) is 1. The van der Waals surface area contributed by atoms with Crippen molar-refractivity contribution in [1.29, 1.82) is 0 Å². The lowest BCUT2D eigenvalue weighted by Gasteiger charge is -2.09. The van der Waals surface area contributed by atoms with Crippen LogP contribution in [0.4, 0.5) is 11.4 Å². The molecule has 1 aromatic heterocycles. The molecule has 1 heterocycles. The predicted octanol–water partition coefficient (Wildman–Crippen LogP) is 2.42. The molecule has 0 saturated heterocycles. The molecule has 0 fully saturated rings. The van der Waals surface area contributed by atoms with Crippen LogP contribution < -0.4 is 10.9 Å². The fourth-order valence-electron chi connectivity index (χ4n) is 2.29. The molecule has 1 N–H and O–H groups in total. The molecule has 0 amide bonds. The van der Waals surface area contributed by atoms with E-state index >= 15 is 0 Å². The molecule has 7 nitrogen and oxygen atoms in total. The van der Waals surface area contributed by atoms with Gasteiger partial charge in [-0.05, 0) is 24.3 Å². The van der Waals surface area contributed by atoms with Crippen molar-refractivity contribution in [3.63, 3.8) is 0 Å². The molecule has 0 aliphatic heterocycles. The Kier molecular flexibility index (Phi) is 4.01. The maximum Gasteiger partial charge on any atom is 0.269 e. The van der Waals surface area contributed by atoms with Crippen molar-refractivity contribution in [2.45, 2.75) is 6.54 Å². The molecule has 0 aliphatic carbocycles. The molecule has 0 radical (unpaired) electrons. The van der Waals surface area contributed by atoms with Crippen LogP contribution >= 0.6 is 0 Å². The van der Waals surface area contributed by atoms with Gasteiger partial charge in [-0.25, -0.2) is 4.98 Å². The van der Waals surface area contributed by atoms with Crippen LogP contribution in [-0.4, -0.2) is 21.0 Å². The van der Waals surface area contributed by atoms with Crippen molar-refractivity contribution in [2.24, 2.45) is 0 Å². The summed E-state index contributed by atoms with van der Waals surface area (Å²) in [7, 11) is 0. The Morgan fingerprint density at radius 3 is 2.61 bits per heavy atom. The Labute approximate surface area is 131 Å². The van der Waals surface area contributed by atoms with E-state index in [4.69, 9.17) is 0 Å². The maximum absolute atomic E-state index is 12.3. The molecule has 0 atom stereocenters. The summed E-state index contributed by atoms with van der Waals surface area (Å²) >= 11 is 0. The Bertz CT molecular complexity index is 903. The van der Waals surface area contributed by atoms with Crippen molar-refractivity contribution >= 4 is 22.3 Å². The molecular weight excluding hydrogens is 296 g/mol. The van der Waals surface area contributed by atoms with E-state index in [0.29, 0.717) is 24.0 Å². The summed E-state index contributed by atoms with van der Waals surface area (Å²) in [6.07, 6.45) is 1.53. The Balaban J connectivity index is 1.68. The van der Waals surface area contributed by atoms with Crippen molar-refractivity contribution in [3.8, 4) is 0 Å². The quantitative estimate of drug-likeness (QED) is 0.577. The third-order valence-electron chi connectivity index (χ3n) is 3.49. The first-order valence-corrected chi connectivity index (χ1v) is 7.07. The average Bonchev–Trinajstić information content (AvgIpc) is 2.57. The summed E-state index contributed by atoms with van der Waals surface area (Å²) in [5, 5.41) is 14.3. The molecule has 3 rings (SSSR count). The van der Waals surface area contributed by atoms with E-state index in [-0.39, 0.29) is 11.2 Å². The fraction of sp³-hybridized carbons (Fsp3) is 0.125. The zero-order valence-corrected chi connectivity index (χ0v) is 12.2. The van der Waals surface area contributed by atoms with Crippen molar-refractivity contribution < 1.29 is 4.92 Å². The zero-order chi connectivity index (χ0) is 16.2. The number of non-ortho nitro benzene ring substituents is 1. The SMILES string of the molecule is O=c1c2ccccc2ncn1CCNc1ccc([N+](=O)[O-])cc1. The number of nitrogens with zero attached hydrogens (tertiary/aromatic N) is 3. The number of aromatic nitrogens is 2. The lowest BCUT2D eigenvalue weighted by atomic mass is 10.2. The molecule has 116 valence electrons. The third kappa shape index (κ3) is 3.18. The van der Waals surface area contributed by atoms with E-state index in [0.717, 1.165) is 5.69 Å². The van der Waals surface area contributed by atoms with Gasteiger partial charge in [-0.2, -0.15) is 0 Å². The highest BCUT2D eigenvalue weighted by Crippen LogP contribution is 2.15. The minimum Gasteiger partial charge on any atom is -0.383 e. The second kappa shape index (κ2) is 6.27. The first kappa shape index (κ1) is 14.7. The summed E-state index contributed by atoms with van der Waals surface area (Å²) in [5.74, 6) is 0. The topological polar surface area (TPSA) is 90.1 Å². The van der Waals surface area contributed by atoms with Crippen LogP contribution in [0.3, 0.4) is 0 Å². The fourth-order valence-corrected chi connectivity index (χ4v) is 2.29. The van der Waals surface area contributed by atoms with Crippen molar-refractivity contribution in [1.82, 2.24) is 9.55 Å². The van der Waals surface area contributed by atoms with Crippen LogP contribution in [0.25, 0.3) is 10.9 Å². The van der Waals surface area contributed by atoms with Gasteiger partial charge in [0.1, 0.15) is 0 Å². The van der Waals surface area contributed by atoms with E-state index < -0.39 is 4.92 Å². The van der Waals surface area contributed by atoms with Gasteiger partial charge in [0.05, 0.1) is 22.2 Å². The van der Waals surface area contributed by atoms with E-state index in [1.165, 1.54) is 18.5 Å². The van der Waals surface area contributed by atoms with Gasteiger partial charge in [-0.3, -0.25) is 19.5 Å². The average molecular weight is 310 g/mol. The molecular formula is C16H14N4O3. The van der Waals surface area contributed by atoms with E-state index in [1.807, 2.05) is 12.1 Å². The number of hydrogen-bond donors (Lipinski definition) is 1. The van der Waals surface area contributed by atoms with Gasteiger partial charge in [-0.15, -0.1) is 0 Å². The van der Waals surface area contributed by atoms with E-state index in [2.05, 4.69) is 10.3 Å². The van der Waals surface area contributed by atoms with Gasteiger partial charge in [0, 0.05) is 30.9 Å². The molecule has 2 aromatic carbocycles. The number of nitro benzene ring substituents is 1. The number of anilines is 1. The molecule has 3 aromatic rings. The zero-order valence-electron chi connectivity index (χ0n) is 12.2. The molecule has 0 unspecified atom stereocenters. The van der Waals surface area contributed by atoms with Gasteiger partial charge in [0.15, 0.2) is 0 Å². The minimum absolute atomic E-state index is 0.0468. The van der Waals surface area contributed by atoms with Crippen LogP contribution in [0, 0.1) is 10.1 Å². The summed E-state index contributed by atoms with van der Waals surface area (Å²) < 4.78 is 1.54. The van der Waals surface area contributed by atoms with Gasteiger partial charge in [0.2, 0.25) is 0 Å². The molecule has 0 saturated carbocycles. The molecule has 0 bridgehead atoms. The lowest BCUT2D eigenvalue weighted by Crippen LogP contribution is -2.24. The van der Waals surface area contributed by atoms with Crippen LogP contribution in [-0.2, 0) is 6.54 Å². The van der Waals surface area contributed by atoms with Crippen molar-refractivity contribution in [3.05, 3.63) is 75.3 Å². The second-order valence-electron chi connectivity index (χ2n) is 4.99. The van der Waals surface area contributed by atoms with Gasteiger partial charge >= 0.3 is 0 Å². The smallest absolute Gasteiger partial charge is 0.269 e. The Hall–Kier alpha value is -3.22. The third-order valence-corrected chi connectivity index (χ3v) is 3.49. The number of hydrogen-bond acceptors (Lipinski definition) is 5. The molecule has 0 aliphatic rings. The normalized spacial score (nSPS) is 10.6. The highest BCUT2D eigenvalue weighted by molar-refractivity contribution is 5.76. The van der Waals surface area contributed by atoms with Gasteiger partial charge in [0.25, 0.3) is 11.2 Å². The van der Waals surface area contributed by atoms with Crippen LogP contribution in [0.5, 0.6) is 0 Å². The number of benzene rings is 2. The second-order valence-corrected chi connectivity index (χ2v) is 4.99. The van der Waals surface area contributed by atoms with E-state index in [9.17, 15) is 14.9 Å². The number of rotatable bonds is 5. The monoisotopic (exact) mass is 310 g/mol.